The molecule has 0 bridgehead atoms. The molecule has 1 aromatic carbocycles. The van der Waals surface area contributed by atoms with E-state index in [0.29, 0.717) is 18.0 Å². The van der Waals surface area contributed by atoms with E-state index in [1.807, 2.05) is 12.1 Å². The second-order valence-corrected chi connectivity index (χ2v) is 7.67. The van der Waals surface area contributed by atoms with Gasteiger partial charge in [0.05, 0.1) is 4.90 Å². The predicted octanol–water partition coefficient (Wildman–Crippen LogP) is 1.77. The first kappa shape index (κ1) is 14.0. The zero-order chi connectivity index (χ0) is 14.0. The normalized spacial score (nSPS) is 20.4. The Morgan fingerprint density at radius 1 is 1.10 bits per heavy atom. The van der Waals surface area contributed by atoms with Gasteiger partial charge in [-0.05, 0) is 56.3 Å². The Morgan fingerprint density at radius 2 is 1.75 bits per heavy atom. The Hall–Kier alpha value is -0.910. The van der Waals surface area contributed by atoms with Gasteiger partial charge in [0.1, 0.15) is 0 Å². The molecule has 1 aliphatic heterocycles. The monoisotopic (exact) mass is 294 g/mol. The number of nitrogens with one attached hydrogen (secondary N) is 1. The lowest BCUT2D eigenvalue weighted by atomic mass is 10.1. The molecule has 2 aliphatic rings. The van der Waals surface area contributed by atoms with E-state index < -0.39 is 10.0 Å². The van der Waals surface area contributed by atoms with Crippen LogP contribution < -0.4 is 5.32 Å². The minimum absolute atomic E-state index is 0.429. The van der Waals surface area contributed by atoms with Crippen LogP contribution in [0.1, 0.15) is 31.2 Å². The highest BCUT2D eigenvalue weighted by atomic mass is 32.2. The van der Waals surface area contributed by atoms with Crippen LogP contribution in [0.15, 0.2) is 29.2 Å². The third-order valence-electron chi connectivity index (χ3n) is 4.05. The molecule has 2 fully saturated rings. The lowest BCUT2D eigenvalue weighted by Crippen LogP contribution is -2.27. The van der Waals surface area contributed by atoms with E-state index in [1.54, 1.807) is 16.4 Å². The molecule has 0 spiro atoms. The third-order valence-corrected chi connectivity index (χ3v) is 5.96. The fourth-order valence-electron chi connectivity index (χ4n) is 2.61. The maximum absolute atomic E-state index is 12.4. The van der Waals surface area contributed by atoms with Crippen LogP contribution in [0.3, 0.4) is 0 Å². The summed E-state index contributed by atoms with van der Waals surface area (Å²) < 4.78 is 26.3. The van der Waals surface area contributed by atoms with Crippen molar-refractivity contribution in [1.29, 1.82) is 0 Å². The number of nitrogens with zero attached hydrogens (tertiary/aromatic N) is 1. The van der Waals surface area contributed by atoms with Crippen molar-refractivity contribution in [3.8, 4) is 0 Å². The van der Waals surface area contributed by atoms with E-state index in [1.165, 1.54) is 18.4 Å². The van der Waals surface area contributed by atoms with Crippen molar-refractivity contribution in [2.75, 3.05) is 19.6 Å². The van der Waals surface area contributed by atoms with Crippen molar-refractivity contribution in [2.45, 2.75) is 43.0 Å². The molecule has 20 heavy (non-hydrogen) atoms. The summed E-state index contributed by atoms with van der Waals surface area (Å²) in [6.07, 6.45) is 5.51. The highest BCUT2D eigenvalue weighted by Crippen LogP contribution is 2.21. The maximum Gasteiger partial charge on any atom is 0.243 e. The smallest absolute Gasteiger partial charge is 0.243 e. The van der Waals surface area contributed by atoms with Gasteiger partial charge in [-0.25, -0.2) is 8.42 Å². The molecule has 0 radical (unpaired) electrons. The maximum atomic E-state index is 12.4. The fraction of sp³-hybridized carbons (Fsp3) is 0.600. The third kappa shape index (κ3) is 3.22. The molecular formula is C15H22N2O2S. The summed E-state index contributed by atoms with van der Waals surface area (Å²) in [5, 5.41) is 3.47. The fourth-order valence-corrected chi connectivity index (χ4v) is 4.13. The highest BCUT2D eigenvalue weighted by Gasteiger charge is 2.26. The van der Waals surface area contributed by atoms with Gasteiger partial charge in [0, 0.05) is 19.1 Å². The molecular weight excluding hydrogens is 272 g/mol. The molecule has 0 amide bonds. The summed E-state index contributed by atoms with van der Waals surface area (Å²) >= 11 is 0. The summed E-state index contributed by atoms with van der Waals surface area (Å²) in [6.45, 7) is 2.30. The van der Waals surface area contributed by atoms with E-state index in [2.05, 4.69) is 5.32 Å². The summed E-state index contributed by atoms with van der Waals surface area (Å²) in [7, 11) is -3.26. The Labute approximate surface area is 121 Å². The van der Waals surface area contributed by atoms with Gasteiger partial charge in [-0.2, -0.15) is 4.31 Å². The van der Waals surface area contributed by atoms with Crippen molar-refractivity contribution in [2.24, 2.45) is 0 Å². The number of rotatable bonds is 6. The summed E-state index contributed by atoms with van der Waals surface area (Å²) in [4.78, 5) is 0.429. The second-order valence-electron chi connectivity index (χ2n) is 5.73. The molecule has 0 unspecified atom stereocenters. The molecule has 1 N–H and O–H groups in total. The zero-order valence-electron chi connectivity index (χ0n) is 11.7. The topological polar surface area (TPSA) is 49.4 Å². The second kappa shape index (κ2) is 5.84. The number of benzene rings is 1. The van der Waals surface area contributed by atoms with Crippen LogP contribution in [-0.4, -0.2) is 38.4 Å². The molecule has 1 saturated carbocycles. The lowest BCUT2D eigenvalue weighted by Gasteiger charge is -2.15. The van der Waals surface area contributed by atoms with Gasteiger partial charge in [0.25, 0.3) is 0 Å². The lowest BCUT2D eigenvalue weighted by molar-refractivity contribution is 0.477. The Balaban J connectivity index is 1.62. The van der Waals surface area contributed by atoms with E-state index >= 15 is 0 Å². The number of sulfonamides is 1. The van der Waals surface area contributed by atoms with Crippen molar-refractivity contribution in [3.63, 3.8) is 0 Å². The summed E-state index contributed by atoms with van der Waals surface area (Å²) in [5.41, 5.74) is 1.19. The minimum Gasteiger partial charge on any atom is -0.314 e. The first-order valence-electron chi connectivity index (χ1n) is 7.49. The van der Waals surface area contributed by atoms with E-state index in [9.17, 15) is 8.42 Å². The van der Waals surface area contributed by atoms with E-state index in [-0.39, 0.29) is 0 Å². The number of hydrogen-bond donors (Lipinski definition) is 1. The van der Waals surface area contributed by atoms with E-state index in [0.717, 1.165) is 31.8 Å². The van der Waals surface area contributed by atoms with Gasteiger partial charge < -0.3 is 5.32 Å². The zero-order valence-corrected chi connectivity index (χ0v) is 12.5. The molecule has 5 heteroatoms. The molecule has 110 valence electrons. The van der Waals surface area contributed by atoms with Crippen LogP contribution in [-0.2, 0) is 16.4 Å². The van der Waals surface area contributed by atoms with Crippen molar-refractivity contribution >= 4 is 10.0 Å². The molecule has 0 aromatic heterocycles. The Kier molecular flexibility index (Phi) is 4.10. The molecule has 1 aromatic rings. The SMILES string of the molecule is O=S(=O)(c1ccc(CCNC2CC2)cc1)N1CCCC1. The van der Waals surface area contributed by atoms with Crippen LogP contribution in [0.4, 0.5) is 0 Å². The predicted molar refractivity (Wildman–Crippen MR) is 79.2 cm³/mol. The molecule has 3 rings (SSSR count). The largest absolute Gasteiger partial charge is 0.314 e. The van der Waals surface area contributed by atoms with Gasteiger partial charge >= 0.3 is 0 Å². The summed E-state index contributed by atoms with van der Waals surface area (Å²) in [5.74, 6) is 0. The average molecular weight is 294 g/mol. The standard InChI is InChI=1S/C15H22N2O2S/c18-20(19,17-11-1-2-12-17)15-7-3-13(4-8-15)9-10-16-14-5-6-14/h3-4,7-8,14,16H,1-2,5-6,9-12H2. The van der Waals surface area contributed by atoms with Crippen molar-refractivity contribution in [1.82, 2.24) is 9.62 Å². The highest BCUT2D eigenvalue weighted by molar-refractivity contribution is 7.89. The molecule has 1 heterocycles. The number of hydrogen-bond acceptors (Lipinski definition) is 3. The van der Waals surface area contributed by atoms with Crippen LogP contribution >= 0.6 is 0 Å². The van der Waals surface area contributed by atoms with Crippen LogP contribution in [0.5, 0.6) is 0 Å². The molecule has 4 nitrogen and oxygen atoms in total. The van der Waals surface area contributed by atoms with Gasteiger partial charge in [-0.15, -0.1) is 0 Å². The van der Waals surface area contributed by atoms with Crippen LogP contribution in [0.25, 0.3) is 0 Å². The quantitative estimate of drug-likeness (QED) is 0.870. The molecule has 1 saturated heterocycles. The van der Waals surface area contributed by atoms with Crippen LogP contribution in [0, 0.1) is 0 Å². The average Bonchev–Trinajstić information content (AvgIpc) is 3.09. The van der Waals surface area contributed by atoms with Gasteiger partial charge in [-0.3, -0.25) is 0 Å². The first-order chi connectivity index (χ1) is 9.66. The van der Waals surface area contributed by atoms with Gasteiger partial charge in [0.15, 0.2) is 0 Å². The van der Waals surface area contributed by atoms with Crippen LogP contribution in [0.2, 0.25) is 0 Å². The summed E-state index contributed by atoms with van der Waals surface area (Å²) in [6, 6.07) is 8.11. The van der Waals surface area contributed by atoms with Crippen molar-refractivity contribution in [3.05, 3.63) is 29.8 Å². The van der Waals surface area contributed by atoms with E-state index in [4.69, 9.17) is 0 Å². The van der Waals surface area contributed by atoms with Gasteiger partial charge in [0.2, 0.25) is 10.0 Å². The minimum atomic E-state index is -3.26. The molecule has 1 aliphatic carbocycles. The molecule has 0 atom stereocenters. The Bertz CT molecular complexity index is 544. The first-order valence-corrected chi connectivity index (χ1v) is 8.93. The van der Waals surface area contributed by atoms with Crippen molar-refractivity contribution < 1.29 is 8.42 Å². The Morgan fingerprint density at radius 3 is 2.35 bits per heavy atom. The van der Waals surface area contributed by atoms with Gasteiger partial charge in [-0.1, -0.05) is 12.1 Å².